The van der Waals surface area contributed by atoms with E-state index in [1.54, 1.807) is 28.8 Å². The third-order valence-electron chi connectivity index (χ3n) is 6.51. The van der Waals surface area contributed by atoms with Crippen molar-refractivity contribution in [1.29, 1.82) is 0 Å². The number of ether oxygens (including phenoxy) is 3. The predicted octanol–water partition coefficient (Wildman–Crippen LogP) is 5.28. The van der Waals surface area contributed by atoms with Crippen LogP contribution in [-0.2, 0) is 17.5 Å². The molecule has 198 valence electrons. The zero-order valence-electron chi connectivity index (χ0n) is 21.2. The van der Waals surface area contributed by atoms with E-state index >= 15 is 0 Å². The van der Waals surface area contributed by atoms with E-state index in [0.29, 0.717) is 54.7 Å². The monoisotopic (exact) mass is 517 g/mol. The van der Waals surface area contributed by atoms with E-state index in [4.69, 9.17) is 14.2 Å². The molecule has 1 saturated heterocycles. The predicted molar refractivity (Wildman–Crippen MR) is 135 cm³/mol. The number of morpholine rings is 1. The molecule has 2 aromatic carbocycles. The molecule has 1 N–H and O–H groups in total. The molecule has 4 rings (SSSR count). The van der Waals surface area contributed by atoms with Gasteiger partial charge in [-0.25, -0.2) is 0 Å². The molecule has 3 aromatic rings. The Bertz CT molecular complexity index is 1280. The molecule has 7 nitrogen and oxygen atoms in total. The molecule has 2 heterocycles. The van der Waals surface area contributed by atoms with Gasteiger partial charge in [0.05, 0.1) is 38.7 Å². The molecule has 1 aromatic heterocycles. The van der Waals surface area contributed by atoms with E-state index in [1.165, 1.54) is 20.3 Å². The average molecular weight is 518 g/mol. The molecular weight excluding hydrogens is 487 g/mol. The quantitative estimate of drug-likeness (QED) is 0.462. The lowest BCUT2D eigenvalue weighted by Gasteiger charge is -2.29. The number of aromatic nitrogens is 1. The molecule has 0 radical (unpaired) electrons. The van der Waals surface area contributed by atoms with E-state index < -0.39 is 11.7 Å². The van der Waals surface area contributed by atoms with Crippen LogP contribution in [0.25, 0.3) is 0 Å². The summed E-state index contributed by atoms with van der Waals surface area (Å²) in [6.45, 7) is 6.30. The van der Waals surface area contributed by atoms with Crippen LogP contribution in [0.5, 0.6) is 11.5 Å². The molecule has 10 heteroatoms. The van der Waals surface area contributed by atoms with Crippen molar-refractivity contribution in [3.63, 3.8) is 0 Å². The van der Waals surface area contributed by atoms with E-state index in [9.17, 15) is 18.0 Å². The summed E-state index contributed by atoms with van der Waals surface area (Å²) in [5, 5.41) is 2.91. The maximum Gasteiger partial charge on any atom is 0.416 e. The van der Waals surface area contributed by atoms with Gasteiger partial charge in [-0.2, -0.15) is 13.2 Å². The van der Waals surface area contributed by atoms with Gasteiger partial charge >= 0.3 is 6.18 Å². The van der Waals surface area contributed by atoms with Crippen molar-refractivity contribution in [2.45, 2.75) is 26.6 Å². The standard InChI is InChI=1S/C27H30F3N3O4/c1-17-24(32-10-12-37-13-11-32)18(2)33(16-19-6-5-7-20(14-19)27(28,29)30)25(17)26(34)31-21-8-9-22(35-3)23(15-21)36-4/h5-9,14-15H,10-13,16H2,1-4H3,(H,31,34). The first-order valence-electron chi connectivity index (χ1n) is 11.9. The summed E-state index contributed by atoms with van der Waals surface area (Å²) in [5.74, 6) is 0.607. The van der Waals surface area contributed by atoms with Crippen molar-refractivity contribution in [2.24, 2.45) is 0 Å². The third kappa shape index (κ3) is 5.53. The second-order valence-electron chi connectivity index (χ2n) is 8.82. The van der Waals surface area contributed by atoms with Gasteiger partial charge in [-0.1, -0.05) is 12.1 Å². The molecule has 1 aliphatic rings. The number of carbonyl (C=O) groups is 1. The van der Waals surface area contributed by atoms with Crippen molar-refractivity contribution in [2.75, 3.05) is 50.7 Å². The molecule has 1 fully saturated rings. The Hall–Kier alpha value is -3.66. The maximum atomic E-state index is 13.6. The topological polar surface area (TPSA) is 65.0 Å². The number of benzene rings is 2. The Labute approximate surface area is 213 Å². The first-order valence-corrected chi connectivity index (χ1v) is 11.9. The highest BCUT2D eigenvalue weighted by Crippen LogP contribution is 2.35. The van der Waals surface area contributed by atoms with Gasteiger partial charge in [-0.05, 0) is 43.7 Å². The zero-order chi connectivity index (χ0) is 26.7. The fourth-order valence-corrected chi connectivity index (χ4v) is 4.76. The first-order chi connectivity index (χ1) is 17.6. The summed E-state index contributed by atoms with van der Waals surface area (Å²) >= 11 is 0. The van der Waals surface area contributed by atoms with E-state index in [2.05, 4.69) is 10.2 Å². The maximum absolute atomic E-state index is 13.6. The van der Waals surface area contributed by atoms with Gasteiger partial charge in [0.2, 0.25) is 0 Å². The number of hydrogen-bond acceptors (Lipinski definition) is 5. The molecule has 0 spiro atoms. The highest BCUT2D eigenvalue weighted by atomic mass is 19.4. The van der Waals surface area contributed by atoms with Crippen molar-refractivity contribution in [3.8, 4) is 11.5 Å². The average Bonchev–Trinajstić information content (AvgIpc) is 3.13. The molecule has 1 amide bonds. The van der Waals surface area contributed by atoms with Crippen molar-refractivity contribution in [3.05, 3.63) is 70.5 Å². The largest absolute Gasteiger partial charge is 0.493 e. The van der Waals surface area contributed by atoms with Crippen LogP contribution in [-0.4, -0.2) is 51.0 Å². The molecule has 0 unspecified atom stereocenters. The minimum Gasteiger partial charge on any atom is -0.493 e. The normalized spacial score (nSPS) is 14.0. The van der Waals surface area contributed by atoms with E-state index in [0.717, 1.165) is 29.1 Å². The minimum absolute atomic E-state index is 0.107. The lowest BCUT2D eigenvalue weighted by molar-refractivity contribution is -0.137. The summed E-state index contributed by atoms with van der Waals surface area (Å²) in [6, 6.07) is 10.2. The van der Waals surface area contributed by atoms with Crippen LogP contribution in [0.4, 0.5) is 24.5 Å². The number of nitrogens with zero attached hydrogens (tertiary/aromatic N) is 2. The number of hydrogen-bond donors (Lipinski definition) is 1. The Morgan fingerprint density at radius 3 is 2.38 bits per heavy atom. The van der Waals surface area contributed by atoms with Crippen LogP contribution in [0, 0.1) is 13.8 Å². The Morgan fingerprint density at radius 1 is 1.03 bits per heavy atom. The molecule has 1 aliphatic heterocycles. The zero-order valence-corrected chi connectivity index (χ0v) is 21.2. The van der Waals surface area contributed by atoms with Gasteiger partial charge < -0.3 is 29.0 Å². The lowest BCUT2D eigenvalue weighted by atomic mass is 10.1. The highest BCUT2D eigenvalue weighted by molar-refractivity contribution is 6.05. The van der Waals surface area contributed by atoms with Crippen LogP contribution in [0.15, 0.2) is 42.5 Å². The van der Waals surface area contributed by atoms with Crippen LogP contribution in [0.3, 0.4) is 0 Å². The Kier molecular flexibility index (Phi) is 7.68. The molecule has 37 heavy (non-hydrogen) atoms. The Balaban J connectivity index is 1.75. The number of nitrogens with one attached hydrogen (secondary N) is 1. The molecule has 0 saturated carbocycles. The van der Waals surface area contributed by atoms with Gasteiger partial charge in [-0.3, -0.25) is 4.79 Å². The third-order valence-corrected chi connectivity index (χ3v) is 6.51. The number of methoxy groups -OCH3 is 2. The number of rotatable bonds is 7. The van der Waals surface area contributed by atoms with Gasteiger partial charge in [0, 0.05) is 42.6 Å². The summed E-state index contributed by atoms with van der Waals surface area (Å²) in [5.41, 5.74) is 3.05. The molecule has 0 bridgehead atoms. The smallest absolute Gasteiger partial charge is 0.416 e. The first kappa shape index (κ1) is 26.4. The van der Waals surface area contributed by atoms with Crippen LogP contribution < -0.4 is 19.7 Å². The molecule has 0 atom stereocenters. The fraction of sp³-hybridized carbons (Fsp3) is 0.370. The number of anilines is 2. The van der Waals surface area contributed by atoms with Crippen molar-refractivity contribution < 1.29 is 32.2 Å². The van der Waals surface area contributed by atoms with Crippen molar-refractivity contribution >= 4 is 17.3 Å². The van der Waals surface area contributed by atoms with E-state index in [-0.39, 0.29) is 12.5 Å². The van der Waals surface area contributed by atoms with Gasteiger partial charge in [0.1, 0.15) is 5.69 Å². The fourth-order valence-electron chi connectivity index (χ4n) is 4.76. The lowest BCUT2D eigenvalue weighted by Crippen LogP contribution is -2.36. The second-order valence-corrected chi connectivity index (χ2v) is 8.82. The number of halogens is 3. The van der Waals surface area contributed by atoms with Crippen LogP contribution in [0.1, 0.15) is 32.9 Å². The number of amides is 1. The molecular formula is C27H30F3N3O4. The minimum atomic E-state index is -4.45. The van der Waals surface area contributed by atoms with Crippen LogP contribution in [0.2, 0.25) is 0 Å². The highest BCUT2D eigenvalue weighted by Gasteiger charge is 2.31. The van der Waals surface area contributed by atoms with Gasteiger partial charge in [-0.15, -0.1) is 0 Å². The summed E-state index contributed by atoms with van der Waals surface area (Å²) in [7, 11) is 3.03. The number of alkyl halides is 3. The summed E-state index contributed by atoms with van der Waals surface area (Å²) in [6.07, 6.45) is -4.45. The van der Waals surface area contributed by atoms with Gasteiger partial charge in [0.25, 0.3) is 5.91 Å². The van der Waals surface area contributed by atoms with E-state index in [1.807, 2.05) is 13.8 Å². The summed E-state index contributed by atoms with van der Waals surface area (Å²) in [4.78, 5) is 15.8. The SMILES string of the molecule is COc1ccc(NC(=O)c2c(C)c(N3CCOCC3)c(C)n2Cc2cccc(C(F)(F)F)c2)cc1OC. The summed E-state index contributed by atoms with van der Waals surface area (Å²) < 4.78 is 57.9. The Morgan fingerprint density at radius 2 is 1.73 bits per heavy atom. The van der Waals surface area contributed by atoms with Gasteiger partial charge in [0.15, 0.2) is 11.5 Å². The molecule has 0 aliphatic carbocycles. The second kappa shape index (κ2) is 10.8. The number of carbonyl (C=O) groups excluding carboxylic acids is 1. The van der Waals surface area contributed by atoms with Crippen molar-refractivity contribution in [1.82, 2.24) is 4.57 Å². The van der Waals surface area contributed by atoms with Crippen LogP contribution >= 0.6 is 0 Å².